The number of rotatable bonds is 22. The molecule has 15 heteroatoms. The van der Waals surface area contributed by atoms with Gasteiger partial charge in [-0.15, -0.1) is 0 Å². The predicted molar refractivity (Wildman–Crippen MR) is 156 cm³/mol. The zero-order chi connectivity index (χ0) is 33.4. The zero-order valence-electron chi connectivity index (χ0n) is 26.1. The van der Waals surface area contributed by atoms with Gasteiger partial charge in [0.15, 0.2) is 12.6 Å². The smallest absolute Gasteiger partial charge is 0.303 e. The molecule has 2 saturated heterocycles. The maximum Gasteiger partial charge on any atom is 0.303 e. The van der Waals surface area contributed by atoms with Crippen LogP contribution in [-0.2, 0) is 33.3 Å². The topological polar surface area (TPSA) is 242 Å². The number of aliphatic hydroxyl groups excluding tert-OH is 7. The number of carbonyl (C=O) groups is 2. The van der Waals surface area contributed by atoms with Crippen LogP contribution < -0.4 is 0 Å². The van der Waals surface area contributed by atoms with Crippen LogP contribution >= 0.6 is 0 Å². The van der Waals surface area contributed by atoms with Gasteiger partial charge in [0.05, 0.1) is 19.3 Å². The van der Waals surface area contributed by atoms with E-state index in [9.17, 15) is 45.3 Å². The fourth-order valence-electron chi connectivity index (χ4n) is 5.42. The van der Waals surface area contributed by atoms with Crippen molar-refractivity contribution in [3.63, 3.8) is 0 Å². The second-order valence-electron chi connectivity index (χ2n) is 11.9. The van der Waals surface area contributed by atoms with E-state index in [1.807, 2.05) is 0 Å². The number of unbranched alkanes of at least 4 members (excludes halogenated alkanes) is 10. The first-order chi connectivity index (χ1) is 21.5. The molecule has 0 radical (unpaired) electrons. The van der Waals surface area contributed by atoms with Crippen LogP contribution in [-0.4, -0.2) is 140 Å². The molecule has 0 aromatic rings. The molecule has 2 aliphatic rings. The van der Waals surface area contributed by atoms with Crippen molar-refractivity contribution in [1.82, 2.24) is 0 Å². The summed E-state index contributed by atoms with van der Waals surface area (Å²) in [6.07, 6.45) is -4.51. The molecule has 0 aliphatic carbocycles. The van der Waals surface area contributed by atoms with Gasteiger partial charge in [-0.05, 0) is 12.8 Å². The molecular weight excluding hydrogens is 600 g/mol. The summed E-state index contributed by atoms with van der Waals surface area (Å²) >= 11 is 0. The number of hydrogen-bond acceptors (Lipinski definition) is 14. The van der Waals surface area contributed by atoms with Crippen molar-refractivity contribution < 1.29 is 74.1 Å². The van der Waals surface area contributed by atoms with Gasteiger partial charge < -0.3 is 64.5 Å². The third kappa shape index (κ3) is 14.0. The van der Waals surface area contributed by atoms with Crippen molar-refractivity contribution >= 4 is 11.9 Å². The summed E-state index contributed by atoms with van der Waals surface area (Å²) in [6.45, 7) is -0.177. The predicted octanol–water partition coefficient (Wildman–Crippen LogP) is -0.285. The number of aliphatic hydroxyl groups is 7. The quantitative estimate of drug-likeness (QED) is 0.0553. The summed E-state index contributed by atoms with van der Waals surface area (Å²) < 4.78 is 27.2. The second-order valence-corrected chi connectivity index (χ2v) is 11.9. The van der Waals surface area contributed by atoms with Gasteiger partial charge >= 0.3 is 11.9 Å². The highest BCUT2D eigenvalue weighted by atomic mass is 16.7. The fourth-order valence-corrected chi connectivity index (χ4v) is 5.42. The van der Waals surface area contributed by atoms with Crippen molar-refractivity contribution in [1.29, 1.82) is 0 Å². The van der Waals surface area contributed by atoms with Crippen LogP contribution in [0.15, 0.2) is 0 Å². The van der Waals surface area contributed by atoms with Crippen molar-refractivity contribution in [2.24, 2.45) is 0 Å². The number of aliphatic carboxylic acids is 1. The molecule has 264 valence electrons. The molecule has 0 spiro atoms. The largest absolute Gasteiger partial charge is 0.481 e. The lowest BCUT2D eigenvalue weighted by molar-refractivity contribution is -0.360. The van der Waals surface area contributed by atoms with Gasteiger partial charge in [0.2, 0.25) is 0 Å². The Kier molecular flexibility index (Phi) is 18.9. The van der Waals surface area contributed by atoms with Crippen LogP contribution in [0.1, 0.15) is 90.4 Å². The molecule has 45 heavy (non-hydrogen) atoms. The number of carboxylic acids is 1. The molecule has 11 atom stereocenters. The van der Waals surface area contributed by atoms with Gasteiger partial charge in [-0.1, -0.05) is 64.2 Å². The van der Waals surface area contributed by atoms with E-state index in [0.29, 0.717) is 6.42 Å². The lowest BCUT2D eigenvalue weighted by Crippen LogP contribution is -2.65. The Bertz CT molecular complexity index is 829. The first-order valence-corrected chi connectivity index (χ1v) is 16.1. The Labute approximate surface area is 264 Å². The molecule has 2 rings (SSSR count). The average Bonchev–Trinajstić information content (AvgIpc) is 3.00. The molecule has 0 aromatic carbocycles. The van der Waals surface area contributed by atoms with Gasteiger partial charge in [-0.2, -0.15) is 0 Å². The van der Waals surface area contributed by atoms with Gasteiger partial charge in [-0.3, -0.25) is 9.59 Å². The monoisotopic (exact) mass is 654 g/mol. The molecule has 0 aromatic heterocycles. The summed E-state index contributed by atoms with van der Waals surface area (Å²) in [5, 5.41) is 80.4. The Morgan fingerprint density at radius 2 is 1.24 bits per heavy atom. The van der Waals surface area contributed by atoms with Crippen LogP contribution in [0, 0.1) is 0 Å². The van der Waals surface area contributed by atoms with E-state index < -0.39 is 92.7 Å². The second kappa shape index (κ2) is 21.4. The molecule has 0 unspecified atom stereocenters. The maximum atomic E-state index is 11.4. The Hall–Kier alpha value is -1.50. The minimum Gasteiger partial charge on any atom is -0.481 e. The summed E-state index contributed by atoms with van der Waals surface area (Å²) in [4.78, 5) is 22.0. The number of carboxylic acid groups (broad SMARTS) is 1. The van der Waals surface area contributed by atoms with E-state index in [4.69, 9.17) is 28.8 Å². The summed E-state index contributed by atoms with van der Waals surface area (Å²) in [6, 6.07) is 0. The highest BCUT2D eigenvalue weighted by Crippen LogP contribution is 2.30. The minimum atomic E-state index is -1.78. The van der Waals surface area contributed by atoms with Gasteiger partial charge in [0, 0.05) is 13.3 Å². The van der Waals surface area contributed by atoms with Crippen LogP contribution in [0.5, 0.6) is 0 Å². The van der Waals surface area contributed by atoms with E-state index in [1.165, 1.54) is 0 Å². The SMILES string of the molecule is CC(=O)OC[C@H]1O[C@@H](OC[C@@H](O)CCCCCCCCCCCCCC(=O)O)[C@H](O)[C@@H](O)[C@@H]1O[C@@H]1O[C@H](CO)[C@@H](O)[C@H](O)[C@H]1O. The molecule has 0 amide bonds. The minimum absolute atomic E-state index is 0.195. The van der Waals surface area contributed by atoms with E-state index >= 15 is 0 Å². The lowest BCUT2D eigenvalue weighted by atomic mass is 9.97. The Morgan fingerprint density at radius 3 is 1.80 bits per heavy atom. The molecule has 0 saturated carbocycles. The summed E-state index contributed by atoms with van der Waals surface area (Å²) in [7, 11) is 0. The van der Waals surface area contributed by atoms with Crippen molar-refractivity contribution in [3.8, 4) is 0 Å². The molecule has 2 aliphatic heterocycles. The highest BCUT2D eigenvalue weighted by Gasteiger charge is 2.51. The summed E-state index contributed by atoms with van der Waals surface area (Å²) in [5.74, 6) is -1.40. The van der Waals surface area contributed by atoms with E-state index in [2.05, 4.69) is 0 Å². The average molecular weight is 655 g/mol. The van der Waals surface area contributed by atoms with E-state index in [1.54, 1.807) is 0 Å². The van der Waals surface area contributed by atoms with Crippen molar-refractivity contribution in [2.45, 2.75) is 158 Å². The van der Waals surface area contributed by atoms with Crippen LogP contribution in [0.2, 0.25) is 0 Å². The number of carbonyl (C=O) groups excluding carboxylic acids is 1. The molecular formula is C30H54O15. The number of ether oxygens (including phenoxy) is 5. The molecule has 2 fully saturated rings. The zero-order valence-corrected chi connectivity index (χ0v) is 26.1. The first kappa shape index (κ1) is 39.7. The highest BCUT2D eigenvalue weighted by molar-refractivity contribution is 5.66. The first-order valence-electron chi connectivity index (χ1n) is 16.1. The number of hydrogen-bond donors (Lipinski definition) is 8. The van der Waals surface area contributed by atoms with Crippen LogP contribution in [0.4, 0.5) is 0 Å². The standard InChI is InChI=1S/C30H54O15/c1-18(32)41-17-21-28(45-30-26(39)24(37)23(36)20(15-31)43-30)25(38)27(40)29(44-21)42-16-19(33)13-11-9-7-5-3-2-4-6-8-10-12-14-22(34)35/h19-21,23-31,33,36-40H,2-17H2,1H3,(H,34,35)/t19-,20+,21+,23+,24-,25+,26+,27+,28+,29+,30-/m0/s1. The fraction of sp³-hybridized carbons (Fsp3) is 0.933. The number of esters is 1. The van der Waals surface area contributed by atoms with Crippen LogP contribution in [0.25, 0.3) is 0 Å². The molecule has 2 heterocycles. The summed E-state index contributed by atoms with van der Waals surface area (Å²) in [5.41, 5.74) is 0. The van der Waals surface area contributed by atoms with Gasteiger partial charge in [-0.25, -0.2) is 0 Å². The maximum absolute atomic E-state index is 11.4. The van der Waals surface area contributed by atoms with Gasteiger partial charge in [0.25, 0.3) is 0 Å². The molecule has 8 N–H and O–H groups in total. The molecule has 15 nitrogen and oxygen atoms in total. The third-order valence-corrected chi connectivity index (χ3v) is 8.11. The Balaban J connectivity index is 1.72. The van der Waals surface area contributed by atoms with E-state index in [0.717, 1.165) is 77.6 Å². The Morgan fingerprint density at radius 1 is 0.711 bits per heavy atom. The van der Waals surface area contributed by atoms with Gasteiger partial charge in [0.1, 0.15) is 55.4 Å². The normalized spacial score (nSPS) is 32.7. The third-order valence-electron chi connectivity index (χ3n) is 8.11. The molecule has 0 bridgehead atoms. The van der Waals surface area contributed by atoms with Crippen LogP contribution in [0.3, 0.4) is 0 Å². The van der Waals surface area contributed by atoms with E-state index in [-0.39, 0.29) is 13.0 Å². The lowest BCUT2D eigenvalue weighted by Gasteiger charge is -2.46. The van der Waals surface area contributed by atoms with Crippen molar-refractivity contribution in [3.05, 3.63) is 0 Å². The van der Waals surface area contributed by atoms with Crippen molar-refractivity contribution in [2.75, 3.05) is 19.8 Å².